The summed E-state index contributed by atoms with van der Waals surface area (Å²) in [5.41, 5.74) is 4.37. The summed E-state index contributed by atoms with van der Waals surface area (Å²) in [6, 6.07) is 0. The Bertz CT molecular complexity index is 235. The van der Waals surface area contributed by atoms with Gasteiger partial charge < -0.3 is 5.73 Å². The summed E-state index contributed by atoms with van der Waals surface area (Å²) in [7, 11) is 0. The first-order valence-corrected chi connectivity index (χ1v) is 4.77. The minimum absolute atomic E-state index is 0.0255. The summed E-state index contributed by atoms with van der Waals surface area (Å²) in [5.74, 6) is 0.785. The second-order valence-corrected chi connectivity index (χ2v) is 4.55. The summed E-state index contributed by atoms with van der Waals surface area (Å²) in [5, 5.41) is 0. The van der Waals surface area contributed by atoms with E-state index in [0.717, 1.165) is 12.8 Å². The molecule has 74 valence electrons. The van der Waals surface area contributed by atoms with Crippen molar-refractivity contribution in [1.82, 2.24) is 0 Å². The summed E-state index contributed by atoms with van der Waals surface area (Å²) in [4.78, 5) is 0. The second kappa shape index (κ2) is 2.77. The normalized spacial score (nSPS) is 41.5. The van der Waals surface area contributed by atoms with Crippen LogP contribution < -0.4 is 5.73 Å². The van der Waals surface area contributed by atoms with Crippen molar-refractivity contribution < 1.29 is 8.78 Å². The van der Waals surface area contributed by atoms with Gasteiger partial charge in [0.05, 0.1) is 5.54 Å². The lowest BCUT2D eigenvalue weighted by Gasteiger charge is -2.34. The lowest BCUT2D eigenvalue weighted by molar-refractivity contribution is 0.0209. The molecule has 0 saturated heterocycles. The summed E-state index contributed by atoms with van der Waals surface area (Å²) < 4.78 is 25.3. The van der Waals surface area contributed by atoms with Gasteiger partial charge in [-0.15, -0.1) is 0 Å². The molecule has 0 aliphatic heterocycles. The predicted molar refractivity (Wildman–Crippen MR) is 47.4 cm³/mol. The van der Waals surface area contributed by atoms with Crippen LogP contribution in [-0.4, -0.2) is 12.0 Å². The van der Waals surface area contributed by atoms with Gasteiger partial charge in [0.25, 0.3) is 6.43 Å². The molecule has 0 aromatic carbocycles. The van der Waals surface area contributed by atoms with Crippen LogP contribution in [-0.2, 0) is 0 Å². The van der Waals surface area contributed by atoms with E-state index >= 15 is 0 Å². The molecule has 2 rings (SSSR count). The highest BCUT2D eigenvalue weighted by atomic mass is 19.3. The van der Waals surface area contributed by atoms with E-state index in [1.54, 1.807) is 0 Å². The smallest absolute Gasteiger partial charge is 0.256 e. The quantitative estimate of drug-likeness (QED) is 0.659. The molecule has 4 unspecified atom stereocenters. The van der Waals surface area contributed by atoms with Crippen LogP contribution in [0.1, 0.15) is 19.8 Å². The molecule has 1 nitrogen and oxygen atoms in total. The molecule has 0 aromatic rings. The van der Waals surface area contributed by atoms with Crippen LogP contribution in [0.2, 0.25) is 0 Å². The molecule has 4 atom stereocenters. The van der Waals surface area contributed by atoms with E-state index < -0.39 is 12.0 Å². The predicted octanol–water partition coefficient (Wildman–Crippen LogP) is 2.18. The van der Waals surface area contributed by atoms with Gasteiger partial charge in [-0.05, 0) is 37.5 Å². The number of nitrogens with two attached hydrogens (primary N) is 1. The molecule has 1 saturated carbocycles. The Morgan fingerprint density at radius 1 is 1.38 bits per heavy atom. The lowest BCUT2D eigenvalue weighted by atomic mass is 9.78. The highest BCUT2D eigenvalue weighted by Gasteiger charge is 2.48. The molecule has 2 aliphatic rings. The number of rotatable bonds is 2. The van der Waals surface area contributed by atoms with E-state index in [1.165, 1.54) is 6.92 Å². The van der Waals surface area contributed by atoms with E-state index in [4.69, 9.17) is 5.73 Å². The molecule has 3 heteroatoms. The van der Waals surface area contributed by atoms with E-state index in [2.05, 4.69) is 12.2 Å². The van der Waals surface area contributed by atoms with E-state index in [1.807, 2.05) is 0 Å². The Labute approximate surface area is 77.0 Å². The minimum atomic E-state index is -2.41. The highest BCUT2D eigenvalue weighted by Crippen LogP contribution is 2.48. The number of halogens is 2. The first-order chi connectivity index (χ1) is 6.01. The third kappa shape index (κ3) is 1.30. The second-order valence-electron chi connectivity index (χ2n) is 4.55. The van der Waals surface area contributed by atoms with Crippen molar-refractivity contribution >= 4 is 0 Å². The maximum Gasteiger partial charge on any atom is 0.256 e. The van der Waals surface area contributed by atoms with Gasteiger partial charge in [0, 0.05) is 0 Å². The van der Waals surface area contributed by atoms with E-state index in [9.17, 15) is 8.78 Å². The van der Waals surface area contributed by atoms with Crippen LogP contribution in [0.4, 0.5) is 8.78 Å². The highest BCUT2D eigenvalue weighted by molar-refractivity contribution is 5.14. The van der Waals surface area contributed by atoms with Crippen LogP contribution in [0.5, 0.6) is 0 Å². The number of allylic oxidation sites excluding steroid dienone is 2. The molecule has 0 spiro atoms. The van der Waals surface area contributed by atoms with Crippen LogP contribution in [0.25, 0.3) is 0 Å². The average Bonchev–Trinajstić information content (AvgIpc) is 2.63. The Hall–Kier alpha value is -0.440. The Kier molecular flexibility index (Phi) is 1.95. The van der Waals surface area contributed by atoms with Crippen molar-refractivity contribution in [1.29, 1.82) is 0 Å². The Morgan fingerprint density at radius 3 is 2.46 bits per heavy atom. The monoisotopic (exact) mass is 187 g/mol. The van der Waals surface area contributed by atoms with Gasteiger partial charge in [0.2, 0.25) is 0 Å². The van der Waals surface area contributed by atoms with Crippen LogP contribution in [0.15, 0.2) is 12.2 Å². The fourth-order valence-corrected chi connectivity index (χ4v) is 2.66. The molecule has 2 bridgehead atoms. The zero-order chi connectivity index (χ0) is 9.64. The minimum Gasteiger partial charge on any atom is -0.320 e. The third-order valence-electron chi connectivity index (χ3n) is 3.55. The molecule has 2 aliphatic carbocycles. The molecule has 13 heavy (non-hydrogen) atoms. The number of hydrogen-bond acceptors (Lipinski definition) is 1. The molecule has 0 aromatic heterocycles. The molecular weight excluding hydrogens is 172 g/mol. The van der Waals surface area contributed by atoms with Gasteiger partial charge >= 0.3 is 0 Å². The third-order valence-corrected chi connectivity index (χ3v) is 3.55. The number of hydrogen-bond donors (Lipinski definition) is 1. The van der Waals surface area contributed by atoms with E-state index in [-0.39, 0.29) is 5.92 Å². The average molecular weight is 187 g/mol. The van der Waals surface area contributed by atoms with Crippen LogP contribution in [0.3, 0.4) is 0 Å². The maximum absolute atomic E-state index is 12.6. The van der Waals surface area contributed by atoms with Crippen molar-refractivity contribution in [2.24, 2.45) is 23.5 Å². The van der Waals surface area contributed by atoms with Gasteiger partial charge in [-0.1, -0.05) is 12.2 Å². The first kappa shape index (κ1) is 9.13. The summed E-state index contributed by atoms with van der Waals surface area (Å²) >= 11 is 0. The molecule has 1 fully saturated rings. The van der Waals surface area contributed by atoms with Crippen molar-refractivity contribution in [3.05, 3.63) is 12.2 Å². The summed E-state index contributed by atoms with van der Waals surface area (Å²) in [6.45, 7) is 1.48. The Balaban J connectivity index is 2.14. The van der Waals surface area contributed by atoms with Crippen LogP contribution >= 0.6 is 0 Å². The standard InChI is InChI=1S/C10H15F2N/c1-10(13,9(11)12)8-5-6-2-3-7(8)4-6/h2-3,6-9H,4-5,13H2,1H3. The van der Waals surface area contributed by atoms with Crippen molar-refractivity contribution in [2.75, 3.05) is 0 Å². The fourth-order valence-electron chi connectivity index (χ4n) is 2.66. The SMILES string of the molecule is CC(N)(C(F)F)C1CC2C=CC1C2. The van der Waals surface area contributed by atoms with Crippen molar-refractivity contribution in [3.8, 4) is 0 Å². The van der Waals surface area contributed by atoms with Gasteiger partial charge in [-0.25, -0.2) is 8.78 Å². The maximum atomic E-state index is 12.6. The topological polar surface area (TPSA) is 26.0 Å². The largest absolute Gasteiger partial charge is 0.320 e. The van der Waals surface area contributed by atoms with Crippen molar-refractivity contribution in [2.45, 2.75) is 31.7 Å². The first-order valence-electron chi connectivity index (χ1n) is 4.77. The lowest BCUT2D eigenvalue weighted by Crippen LogP contribution is -2.52. The Morgan fingerprint density at radius 2 is 2.08 bits per heavy atom. The molecule has 0 heterocycles. The molecule has 2 N–H and O–H groups in total. The van der Waals surface area contributed by atoms with Gasteiger partial charge in [0.15, 0.2) is 0 Å². The number of fused-ring (bicyclic) bond motifs is 2. The fraction of sp³-hybridized carbons (Fsp3) is 0.800. The molecular formula is C10H15F2N. The summed E-state index contributed by atoms with van der Waals surface area (Å²) in [6.07, 6.45) is 3.67. The molecule has 0 radical (unpaired) electrons. The van der Waals surface area contributed by atoms with Crippen molar-refractivity contribution in [3.63, 3.8) is 0 Å². The number of alkyl halides is 2. The molecule has 0 amide bonds. The van der Waals surface area contributed by atoms with Gasteiger partial charge in [0.1, 0.15) is 0 Å². The van der Waals surface area contributed by atoms with Crippen LogP contribution in [0, 0.1) is 17.8 Å². The zero-order valence-electron chi connectivity index (χ0n) is 7.71. The van der Waals surface area contributed by atoms with Gasteiger partial charge in [-0.3, -0.25) is 0 Å². The zero-order valence-corrected chi connectivity index (χ0v) is 7.71. The van der Waals surface area contributed by atoms with Gasteiger partial charge in [-0.2, -0.15) is 0 Å². The van der Waals surface area contributed by atoms with E-state index in [0.29, 0.717) is 11.8 Å².